The molecule has 0 atom stereocenters. The Bertz CT molecular complexity index is 524. The van der Waals surface area contributed by atoms with Gasteiger partial charge in [-0.3, -0.25) is 0 Å². The van der Waals surface area contributed by atoms with Crippen LogP contribution in [0.1, 0.15) is 25.3 Å². The largest absolute Gasteiger partial charge is 0.381 e. The molecule has 1 aromatic rings. The summed E-state index contributed by atoms with van der Waals surface area (Å²) in [4.78, 5) is 4.03. The number of ether oxygens (including phenoxy) is 1. The van der Waals surface area contributed by atoms with Gasteiger partial charge in [-0.25, -0.2) is 18.1 Å². The Labute approximate surface area is 120 Å². The monoisotopic (exact) mass is 299 g/mol. The van der Waals surface area contributed by atoms with Gasteiger partial charge in [0.15, 0.2) is 5.03 Å². The summed E-state index contributed by atoms with van der Waals surface area (Å²) < 4.78 is 32.0. The van der Waals surface area contributed by atoms with Crippen molar-refractivity contribution in [2.45, 2.75) is 43.5 Å². The van der Waals surface area contributed by atoms with Crippen molar-refractivity contribution in [2.24, 2.45) is 0 Å². The van der Waals surface area contributed by atoms with Gasteiger partial charge in [0.05, 0.1) is 6.10 Å². The molecule has 0 aromatic carbocycles. The fourth-order valence-electron chi connectivity index (χ4n) is 2.08. The van der Waals surface area contributed by atoms with Crippen molar-refractivity contribution in [3.63, 3.8) is 0 Å². The number of pyridine rings is 1. The lowest BCUT2D eigenvalue weighted by molar-refractivity contribution is 0.0236. The lowest BCUT2D eigenvalue weighted by Crippen LogP contribution is -2.47. The molecule has 1 fully saturated rings. The highest BCUT2D eigenvalue weighted by molar-refractivity contribution is 7.89. The first-order chi connectivity index (χ1) is 9.55. The standard InChI is InChI=1S/C13H21N3O3S/c1-3-14-8-10-4-5-13(15-9-10)20(17,18)16-11-6-12(7-11)19-2/h4-5,9,11-12,14,16H,3,6-8H2,1-2H3. The average molecular weight is 299 g/mol. The Balaban J connectivity index is 1.95. The molecule has 6 nitrogen and oxygen atoms in total. The van der Waals surface area contributed by atoms with Gasteiger partial charge in [-0.05, 0) is 31.0 Å². The van der Waals surface area contributed by atoms with Crippen molar-refractivity contribution in [3.8, 4) is 0 Å². The summed E-state index contributed by atoms with van der Waals surface area (Å²) in [7, 11) is -1.89. The van der Waals surface area contributed by atoms with Gasteiger partial charge >= 0.3 is 0 Å². The molecule has 20 heavy (non-hydrogen) atoms. The van der Waals surface area contributed by atoms with E-state index in [0.29, 0.717) is 19.4 Å². The molecule has 0 unspecified atom stereocenters. The predicted molar refractivity (Wildman–Crippen MR) is 75.8 cm³/mol. The first kappa shape index (κ1) is 15.4. The van der Waals surface area contributed by atoms with Crippen molar-refractivity contribution in [2.75, 3.05) is 13.7 Å². The van der Waals surface area contributed by atoms with Crippen LogP contribution in [0, 0.1) is 0 Å². The highest BCUT2D eigenvalue weighted by Crippen LogP contribution is 2.24. The second-order valence-electron chi connectivity index (χ2n) is 4.93. The summed E-state index contributed by atoms with van der Waals surface area (Å²) in [5.41, 5.74) is 0.967. The first-order valence-electron chi connectivity index (χ1n) is 6.76. The number of sulfonamides is 1. The van der Waals surface area contributed by atoms with E-state index in [1.807, 2.05) is 6.92 Å². The zero-order valence-electron chi connectivity index (χ0n) is 11.8. The van der Waals surface area contributed by atoms with Gasteiger partial charge in [0.1, 0.15) is 0 Å². The summed E-state index contributed by atoms with van der Waals surface area (Å²) in [5, 5.41) is 3.23. The van der Waals surface area contributed by atoms with Gasteiger partial charge < -0.3 is 10.1 Å². The summed E-state index contributed by atoms with van der Waals surface area (Å²) in [5.74, 6) is 0. The zero-order chi connectivity index (χ0) is 14.6. The molecule has 0 amide bonds. The third kappa shape index (κ3) is 3.76. The van der Waals surface area contributed by atoms with Crippen molar-refractivity contribution < 1.29 is 13.2 Å². The lowest BCUT2D eigenvalue weighted by Gasteiger charge is -2.34. The van der Waals surface area contributed by atoms with E-state index in [1.165, 1.54) is 0 Å². The van der Waals surface area contributed by atoms with Gasteiger partial charge in [0, 0.05) is 25.9 Å². The number of hydrogen-bond acceptors (Lipinski definition) is 5. The molecule has 0 radical (unpaired) electrons. The number of nitrogens with zero attached hydrogens (tertiary/aromatic N) is 1. The summed E-state index contributed by atoms with van der Waals surface area (Å²) in [6.45, 7) is 3.57. The van der Waals surface area contributed by atoms with Crippen molar-refractivity contribution >= 4 is 10.0 Å². The van der Waals surface area contributed by atoms with Crippen LogP contribution in [0.15, 0.2) is 23.4 Å². The van der Waals surface area contributed by atoms with E-state index < -0.39 is 10.0 Å². The maximum absolute atomic E-state index is 12.1. The SMILES string of the molecule is CCNCc1ccc(S(=O)(=O)NC2CC(OC)C2)nc1. The molecular formula is C13H21N3O3S. The third-order valence-corrected chi connectivity index (χ3v) is 4.84. The molecule has 112 valence electrons. The van der Waals surface area contributed by atoms with Crippen LogP contribution >= 0.6 is 0 Å². The lowest BCUT2D eigenvalue weighted by atomic mass is 9.90. The van der Waals surface area contributed by atoms with Crippen LogP contribution < -0.4 is 10.0 Å². The summed E-state index contributed by atoms with van der Waals surface area (Å²) in [6.07, 6.45) is 3.19. The molecule has 0 aliphatic heterocycles. The Hall–Kier alpha value is -1.02. The molecule has 0 spiro atoms. The summed E-state index contributed by atoms with van der Waals surface area (Å²) in [6, 6.07) is 3.28. The van der Waals surface area contributed by atoms with Gasteiger partial charge in [0.2, 0.25) is 0 Å². The van der Waals surface area contributed by atoms with Gasteiger partial charge in [-0.1, -0.05) is 13.0 Å². The van der Waals surface area contributed by atoms with Crippen LogP contribution in [-0.2, 0) is 21.3 Å². The van der Waals surface area contributed by atoms with Gasteiger partial charge in [-0.15, -0.1) is 0 Å². The first-order valence-corrected chi connectivity index (χ1v) is 8.24. The molecule has 1 aliphatic carbocycles. The van der Waals surface area contributed by atoms with Gasteiger partial charge in [-0.2, -0.15) is 0 Å². The van der Waals surface area contributed by atoms with Crippen LogP contribution in [0.25, 0.3) is 0 Å². The Morgan fingerprint density at radius 3 is 2.70 bits per heavy atom. The predicted octanol–water partition coefficient (Wildman–Crippen LogP) is 0.647. The fraction of sp³-hybridized carbons (Fsp3) is 0.615. The molecule has 2 rings (SSSR count). The normalized spacial score (nSPS) is 22.5. The Morgan fingerprint density at radius 2 is 2.15 bits per heavy atom. The van der Waals surface area contributed by atoms with Crippen molar-refractivity contribution in [1.82, 2.24) is 15.0 Å². The second-order valence-corrected chi connectivity index (χ2v) is 6.59. The van der Waals surface area contributed by atoms with Gasteiger partial charge in [0.25, 0.3) is 10.0 Å². The highest BCUT2D eigenvalue weighted by atomic mass is 32.2. The van der Waals surface area contributed by atoms with E-state index in [4.69, 9.17) is 4.74 Å². The third-order valence-electron chi connectivity index (χ3n) is 3.40. The number of rotatable bonds is 7. The molecule has 0 saturated heterocycles. The summed E-state index contributed by atoms with van der Waals surface area (Å²) >= 11 is 0. The van der Waals surface area contributed by atoms with Crippen LogP contribution in [0.2, 0.25) is 0 Å². The van der Waals surface area contributed by atoms with Crippen molar-refractivity contribution in [3.05, 3.63) is 23.9 Å². The second kappa shape index (κ2) is 6.62. The number of aromatic nitrogens is 1. The maximum atomic E-state index is 12.1. The average Bonchev–Trinajstić information content (AvgIpc) is 2.40. The fourth-order valence-corrected chi connectivity index (χ4v) is 3.27. The van der Waals surface area contributed by atoms with E-state index in [-0.39, 0.29) is 17.2 Å². The zero-order valence-corrected chi connectivity index (χ0v) is 12.6. The number of hydrogen-bond donors (Lipinski definition) is 2. The number of methoxy groups -OCH3 is 1. The molecule has 1 aliphatic rings. The van der Waals surface area contributed by atoms with Crippen LogP contribution in [0.3, 0.4) is 0 Å². The van der Waals surface area contributed by atoms with Crippen LogP contribution in [0.4, 0.5) is 0 Å². The number of nitrogens with one attached hydrogen (secondary N) is 2. The molecule has 0 bridgehead atoms. The van der Waals surface area contributed by atoms with E-state index in [2.05, 4.69) is 15.0 Å². The molecule has 2 N–H and O–H groups in total. The topological polar surface area (TPSA) is 80.3 Å². The molecule has 1 aromatic heterocycles. The van der Waals surface area contributed by atoms with Crippen LogP contribution in [0.5, 0.6) is 0 Å². The van der Waals surface area contributed by atoms with E-state index in [1.54, 1.807) is 25.4 Å². The van der Waals surface area contributed by atoms with Crippen molar-refractivity contribution in [1.29, 1.82) is 0 Å². The smallest absolute Gasteiger partial charge is 0.258 e. The molecular weight excluding hydrogens is 278 g/mol. The quantitative estimate of drug-likeness (QED) is 0.772. The maximum Gasteiger partial charge on any atom is 0.258 e. The highest BCUT2D eigenvalue weighted by Gasteiger charge is 2.33. The molecule has 1 saturated carbocycles. The van der Waals surface area contributed by atoms with E-state index in [9.17, 15) is 8.42 Å². The Kier molecular flexibility index (Phi) is 5.09. The minimum atomic E-state index is -3.53. The van der Waals surface area contributed by atoms with E-state index >= 15 is 0 Å². The van der Waals surface area contributed by atoms with E-state index in [0.717, 1.165) is 12.1 Å². The van der Waals surface area contributed by atoms with Crippen LogP contribution in [-0.4, -0.2) is 39.2 Å². The Morgan fingerprint density at radius 1 is 1.40 bits per heavy atom. The molecule has 1 heterocycles. The minimum absolute atomic E-state index is 0.0480. The minimum Gasteiger partial charge on any atom is -0.381 e. The molecule has 7 heteroatoms.